The van der Waals surface area contributed by atoms with E-state index in [1.165, 1.54) is 30.3 Å². The zero-order valence-electron chi connectivity index (χ0n) is 18.5. The van der Waals surface area contributed by atoms with E-state index in [1.807, 2.05) is 0 Å². The topological polar surface area (TPSA) is 47.9 Å². The van der Waals surface area contributed by atoms with Crippen LogP contribution in [-0.4, -0.2) is 24.7 Å². The average molecular weight is 489 g/mol. The molecule has 0 amide bonds. The SMILES string of the molecule is CCOC(=O)[C@@H]1CC(c2c(F)cccc2F)=NC1c1ccc(-c2ccc(OC(F)(F)F)cc2)cc1. The van der Waals surface area contributed by atoms with Crippen LogP contribution in [0, 0.1) is 17.6 Å². The summed E-state index contributed by atoms with van der Waals surface area (Å²) >= 11 is 0. The number of esters is 1. The van der Waals surface area contributed by atoms with Crippen LogP contribution in [0.25, 0.3) is 11.1 Å². The standard InChI is InChI=1S/C26H20F5NO3/c1-2-34-25(33)19-14-22(23-20(27)4-3-5-21(23)28)32-24(19)17-8-6-15(7-9-17)16-10-12-18(13-11-16)35-26(29,30)31/h3-13,19,24H,2,14H2,1H3/t19-,24?/m1/s1. The predicted octanol–water partition coefficient (Wildman–Crippen LogP) is 6.64. The van der Waals surface area contributed by atoms with E-state index in [1.54, 1.807) is 31.2 Å². The second-order valence-electron chi connectivity index (χ2n) is 7.87. The molecule has 4 rings (SSSR count). The third kappa shape index (κ3) is 5.50. The Labute approximate surface area is 198 Å². The second kappa shape index (κ2) is 9.85. The molecule has 1 unspecified atom stereocenters. The van der Waals surface area contributed by atoms with Crippen LogP contribution in [0.2, 0.25) is 0 Å². The van der Waals surface area contributed by atoms with E-state index in [2.05, 4.69) is 9.73 Å². The number of hydrogen-bond acceptors (Lipinski definition) is 4. The minimum absolute atomic E-state index is 0.0176. The summed E-state index contributed by atoms with van der Waals surface area (Å²) < 4.78 is 74.9. The van der Waals surface area contributed by atoms with E-state index < -0.39 is 35.9 Å². The molecule has 0 saturated heterocycles. The molecule has 0 saturated carbocycles. The lowest BCUT2D eigenvalue weighted by atomic mass is 9.90. The molecule has 4 nitrogen and oxygen atoms in total. The van der Waals surface area contributed by atoms with E-state index in [0.717, 1.165) is 12.1 Å². The third-order valence-electron chi connectivity index (χ3n) is 5.60. The van der Waals surface area contributed by atoms with Gasteiger partial charge < -0.3 is 9.47 Å². The summed E-state index contributed by atoms with van der Waals surface area (Å²) in [6.07, 6.45) is -4.76. The lowest BCUT2D eigenvalue weighted by Gasteiger charge is -2.17. The van der Waals surface area contributed by atoms with Crippen molar-refractivity contribution in [3.63, 3.8) is 0 Å². The molecule has 1 aliphatic heterocycles. The van der Waals surface area contributed by atoms with Crippen LogP contribution in [0.15, 0.2) is 71.7 Å². The fraction of sp³-hybridized carbons (Fsp3) is 0.231. The summed E-state index contributed by atoms with van der Waals surface area (Å²) in [5.41, 5.74) is 1.88. The first-order valence-corrected chi connectivity index (χ1v) is 10.8. The van der Waals surface area contributed by atoms with Crippen LogP contribution >= 0.6 is 0 Å². The maximum absolute atomic E-state index is 14.4. The molecule has 0 bridgehead atoms. The van der Waals surface area contributed by atoms with Gasteiger partial charge in [0.05, 0.1) is 24.1 Å². The van der Waals surface area contributed by atoms with Gasteiger partial charge in [-0.25, -0.2) is 8.78 Å². The van der Waals surface area contributed by atoms with Crippen LogP contribution in [0.3, 0.4) is 0 Å². The fourth-order valence-electron chi connectivity index (χ4n) is 4.06. The third-order valence-corrected chi connectivity index (χ3v) is 5.60. The van der Waals surface area contributed by atoms with Crippen molar-refractivity contribution >= 4 is 11.7 Å². The van der Waals surface area contributed by atoms with Crippen molar-refractivity contribution in [2.45, 2.75) is 25.7 Å². The highest BCUT2D eigenvalue weighted by molar-refractivity contribution is 6.04. The molecule has 9 heteroatoms. The highest BCUT2D eigenvalue weighted by Crippen LogP contribution is 2.39. The molecule has 1 aliphatic rings. The van der Waals surface area contributed by atoms with Crippen molar-refractivity contribution in [1.82, 2.24) is 0 Å². The Morgan fingerprint density at radius 3 is 2.06 bits per heavy atom. The zero-order valence-corrected chi connectivity index (χ0v) is 18.5. The Kier molecular flexibility index (Phi) is 6.86. The highest BCUT2D eigenvalue weighted by atomic mass is 19.4. The normalized spacial score (nSPS) is 17.7. The van der Waals surface area contributed by atoms with Gasteiger partial charge in [0.25, 0.3) is 0 Å². The molecule has 1 heterocycles. The largest absolute Gasteiger partial charge is 0.573 e. The number of carbonyl (C=O) groups is 1. The Morgan fingerprint density at radius 2 is 1.51 bits per heavy atom. The van der Waals surface area contributed by atoms with Gasteiger partial charge in [-0.3, -0.25) is 9.79 Å². The van der Waals surface area contributed by atoms with Gasteiger partial charge in [0, 0.05) is 12.1 Å². The smallest absolute Gasteiger partial charge is 0.466 e. The summed E-state index contributed by atoms with van der Waals surface area (Å²) in [5, 5.41) is 0. The van der Waals surface area contributed by atoms with E-state index in [9.17, 15) is 26.7 Å². The highest BCUT2D eigenvalue weighted by Gasteiger charge is 2.38. The summed E-state index contributed by atoms with van der Waals surface area (Å²) in [5.74, 6) is -3.13. The van der Waals surface area contributed by atoms with Gasteiger partial charge in [0.1, 0.15) is 17.4 Å². The first-order valence-electron chi connectivity index (χ1n) is 10.8. The summed E-state index contributed by atoms with van der Waals surface area (Å²) in [4.78, 5) is 17.1. The molecule has 3 aromatic carbocycles. The molecule has 2 atom stereocenters. The lowest BCUT2D eigenvalue weighted by Crippen LogP contribution is -2.22. The van der Waals surface area contributed by atoms with Crippen molar-refractivity contribution in [1.29, 1.82) is 0 Å². The summed E-state index contributed by atoms with van der Waals surface area (Å²) in [6, 6.07) is 15.1. The molecule has 182 valence electrons. The number of halogens is 5. The molecule has 0 spiro atoms. The fourth-order valence-corrected chi connectivity index (χ4v) is 4.06. The Hall–Kier alpha value is -3.75. The van der Waals surface area contributed by atoms with E-state index in [4.69, 9.17) is 4.74 Å². The Morgan fingerprint density at radius 1 is 0.943 bits per heavy atom. The first-order chi connectivity index (χ1) is 16.7. The van der Waals surface area contributed by atoms with E-state index in [0.29, 0.717) is 16.7 Å². The second-order valence-corrected chi connectivity index (χ2v) is 7.87. The number of aliphatic imine (C=N–C) groups is 1. The van der Waals surface area contributed by atoms with Crippen molar-refractivity contribution in [3.05, 3.63) is 89.5 Å². The molecule has 0 N–H and O–H groups in total. The maximum atomic E-state index is 14.4. The number of hydrogen-bond donors (Lipinski definition) is 0. The van der Waals surface area contributed by atoms with Gasteiger partial charge in [-0.15, -0.1) is 13.2 Å². The number of carbonyl (C=O) groups excluding carboxylic acids is 1. The van der Waals surface area contributed by atoms with Gasteiger partial charge in [0.2, 0.25) is 0 Å². The molecule has 0 fully saturated rings. The van der Waals surface area contributed by atoms with Crippen LogP contribution in [-0.2, 0) is 9.53 Å². The van der Waals surface area contributed by atoms with Crippen molar-refractivity contribution in [2.24, 2.45) is 10.9 Å². The Balaban J connectivity index is 1.62. The van der Waals surface area contributed by atoms with Crippen LogP contribution in [0.1, 0.15) is 30.5 Å². The van der Waals surface area contributed by atoms with Crippen molar-refractivity contribution < 1.29 is 36.2 Å². The maximum Gasteiger partial charge on any atom is 0.573 e. The molecular weight excluding hydrogens is 469 g/mol. The van der Waals surface area contributed by atoms with Crippen molar-refractivity contribution in [2.75, 3.05) is 6.61 Å². The molecule has 0 aliphatic carbocycles. The van der Waals surface area contributed by atoms with Gasteiger partial charge in [-0.1, -0.05) is 42.5 Å². The number of alkyl halides is 3. The van der Waals surface area contributed by atoms with Crippen LogP contribution in [0.4, 0.5) is 22.0 Å². The summed E-state index contributed by atoms with van der Waals surface area (Å²) in [6.45, 7) is 1.82. The number of rotatable bonds is 6. The van der Waals surface area contributed by atoms with Gasteiger partial charge in [-0.2, -0.15) is 0 Å². The number of benzene rings is 3. The lowest BCUT2D eigenvalue weighted by molar-refractivity contribution is -0.274. The number of ether oxygens (including phenoxy) is 2. The quantitative estimate of drug-likeness (QED) is 0.288. The summed E-state index contributed by atoms with van der Waals surface area (Å²) in [7, 11) is 0. The van der Waals surface area contributed by atoms with E-state index >= 15 is 0 Å². The van der Waals surface area contributed by atoms with Crippen LogP contribution in [0.5, 0.6) is 5.75 Å². The minimum atomic E-state index is -4.77. The monoisotopic (exact) mass is 489 g/mol. The van der Waals surface area contributed by atoms with Gasteiger partial charge in [-0.05, 0) is 47.9 Å². The zero-order chi connectivity index (χ0) is 25.2. The molecule has 0 radical (unpaired) electrons. The van der Waals surface area contributed by atoms with Crippen LogP contribution < -0.4 is 4.74 Å². The number of nitrogens with zero attached hydrogens (tertiary/aromatic N) is 1. The molecule has 3 aromatic rings. The minimum Gasteiger partial charge on any atom is -0.466 e. The molecule has 35 heavy (non-hydrogen) atoms. The van der Waals surface area contributed by atoms with Gasteiger partial charge in [0.15, 0.2) is 0 Å². The average Bonchev–Trinajstić information content (AvgIpc) is 3.24. The molecule has 0 aromatic heterocycles. The van der Waals surface area contributed by atoms with Gasteiger partial charge >= 0.3 is 12.3 Å². The molecular formula is C26H20F5NO3. The first kappa shape index (κ1) is 24.4. The Bertz CT molecular complexity index is 1220. The van der Waals surface area contributed by atoms with Crippen molar-refractivity contribution in [3.8, 4) is 16.9 Å². The predicted molar refractivity (Wildman–Crippen MR) is 119 cm³/mol. The van der Waals surface area contributed by atoms with E-state index in [-0.39, 0.29) is 30.1 Å².